The lowest BCUT2D eigenvalue weighted by Gasteiger charge is -2.27. The van der Waals surface area contributed by atoms with Crippen molar-refractivity contribution in [2.24, 2.45) is 5.73 Å². The molecule has 1 saturated carbocycles. The molecule has 0 aliphatic heterocycles. The predicted molar refractivity (Wildman–Crippen MR) is 105 cm³/mol. The molecule has 1 fully saturated rings. The number of nitrogens with two attached hydrogens (primary N) is 2. The number of anilines is 2. The van der Waals surface area contributed by atoms with Crippen molar-refractivity contribution in [3.63, 3.8) is 0 Å². The molecule has 1 aromatic heterocycles. The molecule has 1 aliphatic rings. The van der Waals surface area contributed by atoms with Crippen LogP contribution in [-0.4, -0.2) is 17.1 Å². The number of fused-ring (bicyclic) bond motifs is 1. The topological polar surface area (TPSA) is 77.0 Å². The lowest BCUT2D eigenvalue weighted by molar-refractivity contribution is 0.411. The first-order valence-corrected chi connectivity index (χ1v) is 8.96. The van der Waals surface area contributed by atoms with Gasteiger partial charge in [-0.2, -0.15) is 0 Å². The van der Waals surface area contributed by atoms with Crippen molar-refractivity contribution in [2.45, 2.75) is 37.8 Å². The Balaban J connectivity index is 1.71. The Kier molecular flexibility index (Phi) is 4.28. The Morgan fingerprint density at radius 3 is 2.44 bits per heavy atom. The van der Waals surface area contributed by atoms with Gasteiger partial charge in [0, 0.05) is 34.9 Å². The average molecular weight is 332 g/mol. The fourth-order valence-corrected chi connectivity index (χ4v) is 3.70. The summed E-state index contributed by atoms with van der Waals surface area (Å²) in [6.07, 6.45) is 6.32. The van der Waals surface area contributed by atoms with E-state index in [4.69, 9.17) is 11.5 Å². The van der Waals surface area contributed by atoms with Crippen LogP contribution in [0.5, 0.6) is 0 Å². The second-order valence-corrected chi connectivity index (χ2v) is 6.94. The minimum absolute atomic E-state index is 0.366. The molecule has 0 atom stereocenters. The van der Waals surface area contributed by atoms with E-state index in [0.717, 1.165) is 53.3 Å². The highest BCUT2D eigenvalue weighted by atomic mass is 14.9. The van der Waals surface area contributed by atoms with Crippen LogP contribution in [0, 0.1) is 0 Å². The number of benzene rings is 2. The van der Waals surface area contributed by atoms with Crippen LogP contribution in [0.2, 0.25) is 0 Å². The van der Waals surface area contributed by atoms with Gasteiger partial charge in [-0.15, -0.1) is 0 Å². The van der Waals surface area contributed by atoms with Crippen LogP contribution in [0.1, 0.15) is 25.7 Å². The van der Waals surface area contributed by atoms with E-state index < -0.39 is 0 Å². The fourth-order valence-electron chi connectivity index (χ4n) is 3.70. The van der Waals surface area contributed by atoms with Gasteiger partial charge in [-0.25, -0.2) is 4.98 Å². The summed E-state index contributed by atoms with van der Waals surface area (Å²) in [5.41, 5.74) is 15.5. The van der Waals surface area contributed by atoms with Crippen molar-refractivity contribution < 1.29 is 0 Å². The average Bonchev–Trinajstić information content (AvgIpc) is 2.65. The lowest BCUT2D eigenvalue weighted by Crippen LogP contribution is -2.32. The van der Waals surface area contributed by atoms with Crippen molar-refractivity contribution >= 4 is 22.3 Å². The SMILES string of the molecule is Nc1ncc(-c2ccccc2)c2cc(N[C@H]3CC[C@H](N)CC3)ccc12. The van der Waals surface area contributed by atoms with Gasteiger partial charge in [0.15, 0.2) is 0 Å². The Labute approximate surface area is 148 Å². The van der Waals surface area contributed by atoms with Gasteiger partial charge in [-0.3, -0.25) is 0 Å². The van der Waals surface area contributed by atoms with E-state index in [9.17, 15) is 0 Å². The normalized spacial score (nSPS) is 20.5. The summed E-state index contributed by atoms with van der Waals surface area (Å²) in [6, 6.07) is 17.6. The van der Waals surface area contributed by atoms with Crippen LogP contribution in [0.15, 0.2) is 54.7 Å². The Morgan fingerprint density at radius 2 is 1.68 bits per heavy atom. The molecule has 0 saturated heterocycles. The predicted octanol–water partition coefficient (Wildman–Crippen LogP) is 4.17. The second kappa shape index (κ2) is 6.73. The van der Waals surface area contributed by atoms with Crippen LogP contribution in [0.3, 0.4) is 0 Å². The van der Waals surface area contributed by atoms with Gasteiger partial charge >= 0.3 is 0 Å². The van der Waals surface area contributed by atoms with Gasteiger partial charge in [0.05, 0.1) is 0 Å². The van der Waals surface area contributed by atoms with E-state index in [1.807, 2.05) is 24.4 Å². The highest BCUT2D eigenvalue weighted by Gasteiger charge is 2.18. The van der Waals surface area contributed by atoms with Crippen molar-refractivity contribution in [2.75, 3.05) is 11.1 Å². The third-order valence-corrected chi connectivity index (χ3v) is 5.15. The minimum Gasteiger partial charge on any atom is -0.383 e. The summed E-state index contributed by atoms with van der Waals surface area (Å²) >= 11 is 0. The monoisotopic (exact) mass is 332 g/mol. The summed E-state index contributed by atoms with van der Waals surface area (Å²) in [5.74, 6) is 0.574. The molecule has 0 spiro atoms. The van der Waals surface area contributed by atoms with E-state index in [-0.39, 0.29) is 0 Å². The molecule has 4 nitrogen and oxygen atoms in total. The maximum atomic E-state index is 6.11. The van der Waals surface area contributed by atoms with Crippen LogP contribution in [-0.2, 0) is 0 Å². The second-order valence-electron chi connectivity index (χ2n) is 6.94. The first-order valence-electron chi connectivity index (χ1n) is 8.96. The van der Waals surface area contributed by atoms with E-state index in [0.29, 0.717) is 17.9 Å². The molecule has 1 aliphatic carbocycles. The highest BCUT2D eigenvalue weighted by Crippen LogP contribution is 2.33. The summed E-state index contributed by atoms with van der Waals surface area (Å²) in [5, 5.41) is 5.81. The number of nitrogens with zero attached hydrogens (tertiary/aromatic N) is 1. The van der Waals surface area contributed by atoms with Crippen molar-refractivity contribution in [1.82, 2.24) is 4.98 Å². The van der Waals surface area contributed by atoms with Crippen molar-refractivity contribution in [1.29, 1.82) is 0 Å². The number of hydrogen-bond donors (Lipinski definition) is 3. The van der Waals surface area contributed by atoms with E-state index in [1.54, 1.807) is 0 Å². The molecule has 2 aromatic carbocycles. The Morgan fingerprint density at radius 1 is 0.920 bits per heavy atom. The first kappa shape index (κ1) is 15.9. The van der Waals surface area contributed by atoms with Gasteiger partial charge in [-0.1, -0.05) is 30.3 Å². The van der Waals surface area contributed by atoms with Gasteiger partial charge in [0.25, 0.3) is 0 Å². The molecule has 4 rings (SSSR count). The molecular weight excluding hydrogens is 308 g/mol. The number of pyridine rings is 1. The molecule has 25 heavy (non-hydrogen) atoms. The first-order chi connectivity index (χ1) is 12.2. The van der Waals surface area contributed by atoms with Crippen LogP contribution < -0.4 is 16.8 Å². The zero-order valence-electron chi connectivity index (χ0n) is 14.3. The third-order valence-electron chi connectivity index (χ3n) is 5.15. The Hall–Kier alpha value is -2.59. The fraction of sp³-hybridized carbons (Fsp3) is 0.286. The molecule has 4 heteroatoms. The van der Waals surface area contributed by atoms with E-state index in [2.05, 4.69) is 40.6 Å². The molecule has 0 unspecified atom stereocenters. The number of nitrogens with one attached hydrogen (secondary N) is 1. The molecular formula is C21H24N4. The molecule has 128 valence electrons. The molecule has 0 amide bonds. The van der Waals surface area contributed by atoms with Crippen LogP contribution in [0.25, 0.3) is 21.9 Å². The quantitative estimate of drug-likeness (QED) is 0.673. The Bertz CT molecular complexity index is 868. The van der Waals surface area contributed by atoms with Crippen molar-refractivity contribution in [3.05, 3.63) is 54.7 Å². The lowest BCUT2D eigenvalue weighted by atomic mass is 9.91. The molecule has 0 bridgehead atoms. The number of aromatic nitrogens is 1. The largest absolute Gasteiger partial charge is 0.383 e. The molecule has 1 heterocycles. The maximum absolute atomic E-state index is 6.11. The number of nitrogen functional groups attached to an aromatic ring is 1. The molecule has 0 radical (unpaired) electrons. The highest BCUT2D eigenvalue weighted by molar-refractivity contribution is 6.02. The molecule has 5 N–H and O–H groups in total. The van der Waals surface area contributed by atoms with E-state index in [1.165, 1.54) is 0 Å². The molecule has 3 aromatic rings. The van der Waals surface area contributed by atoms with Crippen LogP contribution >= 0.6 is 0 Å². The van der Waals surface area contributed by atoms with Crippen molar-refractivity contribution in [3.8, 4) is 11.1 Å². The van der Waals surface area contributed by atoms with Gasteiger partial charge in [0.1, 0.15) is 5.82 Å². The summed E-state index contributed by atoms with van der Waals surface area (Å²) in [4.78, 5) is 4.38. The summed E-state index contributed by atoms with van der Waals surface area (Å²) in [7, 11) is 0. The van der Waals surface area contributed by atoms with Gasteiger partial charge in [-0.05, 0) is 54.8 Å². The zero-order chi connectivity index (χ0) is 17.2. The third kappa shape index (κ3) is 3.30. The zero-order valence-corrected chi connectivity index (χ0v) is 14.3. The van der Waals surface area contributed by atoms with Gasteiger partial charge < -0.3 is 16.8 Å². The smallest absolute Gasteiger partial charge is 0.131 e. The summed E-state index contributed by atoms with van der Waals surface area (Å²) < 4.78 is 0. The van der Waals surface area contributed by atoms with Gasteiger partial charge in [0.2, 0.25) is 0 Å². The maximum Gasteiger partial charge on any atom is 0.131 e. The standard InChI is InChI=1S/C21H24N4/c22-15-6-8-16(9-7-15)25-17-10-11-18-19(12-17)20(13-24-21(18)23)14-4-2-1-3-5-14/h1-5,10-13,15-16,25H,6-9,22H2,(H2,23,24)/t15-,16-. The minimum atomic E-state index is 0.366. The number of rotatable bonds is 3. The van der Waals surface area contributed by atoms with E-state index >= 15 is 0 Å². The number of hydrogen-bond acceptors (Lipinski definition) is 4. The van der Waals surface area contributed by atoms with Crippen LogP contribution in [0.4, 0.5) is 11.5 Å². The summed E-state index contributed by atoms with van der Waals surface area (Å²) in [6.45, 7) is 0.